The van der Waals surface area contributed by atoms with E-state index in [4.69, 9.17) is 11.0 Å². The lowest BCUT2D eigenvalue weighted by Gasteiger charge is -2.06. The Labute approximate surface area is 121 Å². The van der Waals surface area contributed by atoms with Gasteiger partial charge in [0.15, 0.2) is 0 Å². The van der Waals surface area contributed by atoms with Crippen LogP contribution in [0.25, 0.3) is 11.0 Å². The number of nitrogens with two attached hydrogens (primary N) is 1. The summed E-state index contributed by atoms with van der Waals surface area (Å²) in [5.41, 5.74) is 8.77. The van der Waals surface area contributed by atoms with Crippen molar-refractivity contribution >= 4 is 17.0 Å². The van der Waals surface area contributed by atoms with Crippen LogP contribution in [0.1, 0.15) is 11.1 Å². The first kappa shape index (κ1) is 13.1. The third kappa shape index (κ3) is 2.43. The summed E-state index contributed by atoms with van der Waals surface area (Å²) in [6.07, 6.45) is 0.643. The number of rotatable bonds is 3. The summed E-state index contributed by atoms with van der Waals surface area (Å²) >= 11 is 0. The highest BCUT2D eigenvalue weighted by molar-refractivity contribution is 5.83. The molecule has 3 rings (SSSR count). The summed E-state index contributed by atoms with van der Waals surface area (Å²) in [7, 11) is 0. The van der Waals surface area contributed by atoms with Crippen molar-refractivity contribution in [2.45, 2.75) is 13.0 Å². The van der Waals surface area contributed by atoms with Gasteiger partial charge in [0.1, 0.15) is 17.4 Å². The molecule has 21 heavy (non-hydrogen) atoms. The highest BCUT2D eigenvalue weighted by atomic mass is 19.1. The number of aryl methyl sites for hydroxylation is 2. The zero-order chi connectivity index (χ0) is 14.8. The van der Waals surface area contributed by atoms with Gasteiger partial charge in [-0.15, -0.1) is 0 Å². The van der Waals surface area contributed by atoms with Crippen LogP contribution in [0.4, 0.5) is 10.3 Å². The van der Waals surface area contributed by atoms with Crippen LogP contribution in [0.3, 0.4) is 0 Å². The van der Waals surface area contributed by atoms with Gasteiger partial charge in [-0.2, -0.15) is 5.26 Å². The molecule has 0 amide bonds. The number of nitriles is 1. The fourth-order valence-corrected chi connectivity index (χ4v) is 2.42. The molecular weight excluding hydrogens is 267 g/mol. The van der Waals surface area contributed by atoms with Crippen LogP contribution in [0.5, 0.6) is 0 Å². The zero-order valence-corrected chi connectivity index (χ0v) is 11.3. The van der Waals surface area contributed by atoms with Crippen LogP contribution in [-0.2, 0) is 13.0 Å². The Bertz CT molecular complexity index is 845. The van der Waals surface area contributed by atoms with E-state index in [1.54, 1.807) is 18.2 Å². The maximum atomic E-state index is 13.2. The molecule has 0 saturated heterocycles. The minimum Gasteiger partial charge on any atom is -0.369 e. The molecule has 0 fully saturated rings. The summed E-state index contributed by atoms with van der Waals surface area (Å²) < 4.78 is 15.0. The van der Waals surface area contributed by atoms with E-state index >= 15 is 0 Å². The van der Waals surface area contributed by atoms with Gasteiger partial charge >= 0.3 is 0 Å². The molecule has 1 heterocycles. The van der Waals surface area contributed by atoms with E-state index in [-0.39, 0.29) is 5.82 Å². The third-order valence-corrected chi connectivity index (χ3v) is 3.44. The number of nitrogens with zero attached hydrogens (tertiary/aromatic N) is 3. The average Bonchev–Trinajstić information content (AvgIpc) is 2.80. The number of hydrogen-bond acceptors (Lipinski definition) is 3. The second kappa shape index (κ2) is 5.25. The molecule has 0 radical (unpaired) electrons. The van der Waals surface area contributed by atoms with Crippen LogP contribution in [0, 0.1) is 17.1 Å². The van der Waals surface area contributed by atoms with Gasteiger partial charge < -0.3 is 10.3 Å². The molecule has 3 aromatic rings. The molecule has 5 heteroatoms. The van der Waals surface area contributed by atoms with E-state index < -0.39 is 0 Å². The molecule has 2 aromatic carbocycles. The highest BCUT2D eigenvalue weighted by Crippen LogP contribution is 2.21. The summed E-state index contributed by atoms with van der Waals surface area (Å²) in [6, 6.07) is 14.0. The lowest BCUT2D eigenvalue weighted by atomic mass is 10.1. The van der Waals surface area contributed by atoms with Crippen LogP contribution >= 0.6 is 0 Å². The number of anilines is 1. The minimum atomic E-state index is -0.247. The van der Waals surface area contributed by atoms with E-state index in [2.05, 4.69) is 11.1 Å². The van der Waals surface area contributed by atoms with Gasteiger partial charge in [0.05, 0.1) is 11.1 Å². The predicted octanol–water partition coefficient (Wildman–Crippen LogP) is 2.87. The maximum absolute atomic E-state index is 13.2. The lowest BCUT2D eigenvalue weighted by Crippen LogP contribution is -2.05. The molecule has 0 unspecified atom stereocenters. The van der Waals surface area contributed by atoms with Gasteiger partial charge in [-0.05, 0) is 36.2 Å². The first-order chi connectivity index (χ1) is 10.2. The van der Waals surface area contributed by atoms with E-state index in [0.717, 1.165) is 11.1 Å². The van der Waals surface area contributed by atoms with Crippen molar-refractivity contribution in [3.63, 3.8) is 0 Å². The Balaban J connectivity index is 1.94. The topological polar surface area (TPSA) is 67.6 Å². The smallest absolute Gasteiger partial charge is 0.201 e. The predicted molar refractivity (Wildman–Crippen MR) is 79.0 cm³/mol. The summed E-state index contributed by atoms with van der Waals surface area (Å²) in [5, 5.41) is 9.09. The maximum Gasteiger partial charge on any atom is 0.201 e. The van der Waals surface area contributed by atoms with Crippen LogP contribution in [0.15, 0.2) is 42.5 Å². The molecule has 0 aliphatic rings. The molecule has 4 nitrogen and oxygen atoms in total. The molecule has 1 aromatic heterocycles. The molecule has 0 saturated carbocycles. The molecule has 0 aliphatic heterocycles. The normalized spacial score (nSPS) is 10.7. The monoisotopic (exact) mass is 280 g/mol. The van der Waals surface area contributed by atoms with Crippen molar-refractivity contribution in [3.05, 3.63) is 59.4 Å². The van der Waals surface area contributed by atoms with E-state index in [1.165, 1.54) is 12.1 Å². The average molecular weight is 280 g/mol. The SMILES string of the molecule is N#Cc1cccc2c1nc(N)n2CCc1cccc(F)c1. The Morgan fingerprint density at radius 3 is 2.81 bits per heavy atom. The molecule has 0 aliphatic carbocycles. The number of halogens is 1. The number of imidazole rings is 1. The third-order valence-electron chi connectivity index (χ3n) is 3.44. The quantitative estimate of drug-likeness (QED) is 0.802. The van der Waals surface area contributed by atoms with Crippen LogP contribution in [-0.4, -0.2) is 9.55 Å². The standard InChI is InChI=1S/C16H13FN4/c17-13-5-1-3-11(9-13)7-8-21-14-6-2-4-12(10-18)15(14)20-16(21)19/h1-6,9H,7-8H2,(H2,19,20). The van der Waals surface area contributed by atoms with Gasteiger partial charge in [0.25, 0.3) is 0 Å². The lowest BCUT2D eigenvalue weighted by molar-refractivity contribution is 0.623. The fourth-order valence-electron chi connectivity index (χ4n) is 2.42. The molecule has 0 atom stereocenters. The molecule has 104 valence electrons. The largest absolute Gasteiger partial charge is 0.369 e. The van der Waals surface area contributed by atoms with Crippen LogP contribution < -0.4 is 5.73 Å². The Kier molecular flexibility index (Phi) is 3.28. The van der Waals surface area contributed by atoms with Gasteiger partial charge in [-0.1, -0.05) is 18.2 Å². The first-order valence-corrected chi connectivity index (χ1v) is 6.58. The van der Waals surface area contributed by atoms with Crippen molar-refractivity contribution in [2.75, 3.05) is 5.73 Å². The first-order valence-electron chi connectivity index (χ1n) is 6.58. The Hall–Kier alpha value is -2.87. The molecule has 0 bridgehead atoms. The zero-order valence-electron chi connectivity index (χ0n) is 11.3. The van der Waals surface area contributed by atoms with E-state index in [9.17, 15) is 4.39 Å². The van der Waals surface area contributed by atoms with Crippen LogP contribution in [0.2, 0.25) is 0 Å². The highest BCUT2D eigenvalue weighted by Gasteiger charge is 2.11. The summed E-state index contributed by atoms with van der Waals surface area (Å²) in [6.45, 7) is 0.584. The summed E-state index contributed by atoms with van der Waals surface area (Å²) in [4.78, 5) is 4.26. The van der Waals surface area contributed by atoms with Crippen molar-refractivity contribution in [1.82, 2.24) is 9.55 Å². The van der Waals surface area contributed by atoms with Crippen molar-refractivity contribution in [2.24, 2.45) is 0 Å². The number of nitrogen functional groups attached to an aromatic ring is 1. The number of hydrogen-bond donors (Lipinski definition) is 1. The number of aromatic nitrogens is 2. The number of fused-ring (bicyclic) bond motifs is 1. The second-order valence-corrected chi connectivity index (χ2v) is 4.79. The molecule has 0 spiro atoms. The minimum absolute atomic E-state index is 0.247. The number of para-hydroxylation sites is 1. The van der Waals surface area contributed by atoms with Crippen molar-refractivity contribution < 1.29 is 4.39 Å². The van der Waals surface area contributed by atoms with Gasteiger partial charge in [0.2, 0.25) is 5.95 Å². The Morgan fingerprint density at radius 1 is 1.24 bits per heavy atom. The second-order valence-electron chi connectivity index (χ2n) is 4.79. The van der Waals surface area contributed by atoms with Gasteiger partial charge in [0, 0.05) is 6.54 Å². The van der Waals surface area contributed by atoms with Crippen molar-refractivity contribution in [1.29, 1.82) is 5.26 Å². The number of benzene rings is 2. The van der Waals surface area contributed by atoms with Crippen molar-refractivity contribution in [3.8, 4) is 6.07 Å². The van der Waals surface area contributed by atoms with Gasteiger partial charge in [-0.3, -0.25) is 0 Å². The van der Waals surface area contributed by atoms with E-state index in [1.807, 2.05) is 16.7 Å². The van der Waals surface area contributed by atoms with Gasteiger partial charge in [-0.25, -0.2) is 9.37 Å². The fraction of sp³-hybridized carbons (Fsp3) is 0.125. The van der Waals surface area contributed by atoms with E-state index in [0.29, 0.717) is 30.0 Å². The molecular formula is C16H13FN4. The summed E-state index contributed by atoms with van der Waals surface area (Å²) in [5.74, 6) is 0.117. The Morgan fingerprint density at radius 2 is 2.05 bits per heavy atom. The molecule has 2 N–H and O–H groups in total.